The summed E-state index contributed by atoms with van der Waals surface area (Å²) in [6.45, 7) is 4.80. The molecule has 0 saturated carbocycles. The molecule has 2 heterocycles. The number of amides is 3. The van der Waals surface area contributed by atoms with Crippen LogP contribution in [0.2, 0.25) is 10.0 Å². The van der Waals surface area contributed by atoms with Crippen molar-refractivity contribution in [2.45, 2.75) is 19.1 Å². The number of carbonyl (C=O) groups is 3. The number of urea groups is 1. The summed E-state index contributed by atoms with van der Waals surface area (Å²) < 4.78 is 5.67. The molecule has 0 aromatic heterocycles. The number of piperazine rings is 1. The Morgan fingerprint density at radius 2 is 1.63 bits per heavy atom. The van der Waals surface area contributed by atoms with Crippen molar-refractivity contribution in [3.63, 3.8) is 0 Å². The van der Waals surface area contributed by atoms with Gasteiger partial charge >= 0.3 is 12.0 Å². The molecule has 11 heteroatoms. The van der Waals surface area contributed by atoms with E-state index in [0.29, 0.717) is 60.6 Å². The molecule has 2 saturated heterocycles. The summed E-state index contributed by atoms with van der Waals surface area (Å²) >= 11 is 12.1. The lowest BCUT2D eigenvalue weighted by molar-refractivity contribution is -0.148. The molecule has 2 aliphatic rings. The van der Waals surface area contributed by atoms with Gasteiger partial charge in [-0.2, -0.15) is 0 Å². The highest BCUT2D eigenvalue weighted by molar-refractivity contribution is 6.31. The van der Waals surface area contributed by atoms with Crippen molar-refractivity contribution in [1.29, 1.82) is 0 Å². The molecule has 0 bridgehead atoms. The Morgan fingerprint density at radius 3 is 2.26 bits per heavy atom. The number of nitrogens with zero attached hydrogens (tertiary/aromatic N) is 3. The number of halogens is 2. The Kier molecular flexibility index (Phi) is 7.69. The fourth-order valence-electron chi connectivity index (χ4n) is 4.68. The topological polar surface area (TPSA) is 108 Å². The van der Waals surface area contributed by atoms with E-state index in [2.05, 4.69) is 10.2 Å². The zero-order valence-corrected chi connectivity index (χ0v) is 20.8. The molecule has 2 atom stereocenters. The van der Waals surface area contributed by atoms with E-state index < -0.39 is 6.03 Å². The number of hydrogen-bond acceptors (Lipinski definition) is 6. The molecule has 2 aliphatic heterocycles. The second kappa shape index (κ2) is 10.7. The molecular weight excluding hydrogens is 493 g/mol. The number of nitrogens with one attached hydrogen (secondary N) is 1. The minimum absolute atomic E-state index is 0.0331. The first-order chi connectivity index (χ1) is 16.7. The number of primary amides is 1. The maximum absolute atomic E-state index is 12.9. The minimum atomic E-state index is -0.692. The second-order valence-electron chi connectivity index (χ2n) is 8.61. The monoisotopic (exact) mass is 519 g/mol. The Morgan fingerprint density at radius 1 is 0.971 bits per heavy atom. The van der Waals surface area contributed by atoms with E-state index in [1.165, 1.54) is 6.92 Å². The second-order valence-corrected chi connectivity index (χ2v) is 9.48. The first-order valence-electron chi connectivity index (χ1n) is 11.3. The summed E-state index contributed by atoms with van der Waals surface area (Å²) in [6.07, 6.45) is -0.372. The molecular formula is C24H27Cl2N5O4. The molecule has 9 nitrogen and oxygen atoms in total. The average Bonchev–Trinajstić information content (AvgIpc) is 3.21. The largest absolute Gasteiger partial charge is 0.459 e. The molecule has 0 aliphatic carbocycles. The van der Waals surface area contributed by atoms with Crippen LogP contribution in [0.1, 0.15) is 17.3 Å². The van der Waals surface area contributed by atoms with E-state index in [1.54, 1.807) is 36.4 Å². The molecule has 35 heavy (non-hydrogen) atoms. The molecule has 2 fully saturated rings. The van der Waals surface area contributed by atoms with Gasteiger partial charge in [0.25, 0.3) is 5.91 Å². The lowest BCUT2D eigenvalue weighted by Gasteiger charge is -2.39. The fraction of sp³-hybridized carbons (Fsp3) is 0.375. The van der Waals surface area contributed by atoms with Crippen molar-refractivity contribution < 1.29 is 19.1 Å². The molecule has 3 amide bonds. The van der Waals surface area contributed by atoms with Crippen molar-refractivity contribution in [2.75, 3.05) is 49.5 Å². The van der Waals surface area contributed by atoms with E-state index in [1.807, 2.05) is 15.9 Å². The lowest BCUT2D eigenvalue weighted by atomic mass is 10.1. The molecule has 0 spiro atoms. The summed E-state index contributed by atoms with van der Waals surface area (Å²) in [5, 5.41) is 3.67. The van der Waals surface area contributed by atoms with Crippen molar-refractivity contribution >= 4 is 52.5 Å². The third kappa shape index (κ3) is 5.98. The van der Waals surface area contributed by atoms with Crippen LogP contribution in [0.5, 0.6) is 0 Å². The highest BCUT2D eigenvalue weighted by Crippen LogP contribution is 2.33. The Labute approximate surface area is 213 Å². The van der Waals surface area contributed by atoms with E-state index in [4.69, 9.17) is 33.7 Å². The number of anilines is 2. The predicted octanol–water partition coefficient (Wildman–Crippen LogP) is 3.06. The number of hydrogen-bond donors (Lipinski definition) is 2. The summed E-state index contributed by atoms with van der Waals surface area (Å²) in [5.41, 5.74) is 7.17. The van der Waals surface area contributed by atoms with Crippen LogP contribution in [-0.2, 0) is 9.53 Å². The van der Waals surface area contributed by atoms with Crippen LogP contribution in [0, 0.1) is 0 Å². The molecule has 4 rings (SSSR count). The number of carbonyl (C=O) groups excluding carboxylic acids is 3. The van der Waals surface area contributed by atoms with Gasteiger partial charge in [-0.05, 0) is 42.5 Å². The number of rotatable bonds is 5. The van der Waals surface area contributed by atoms with Crippen molar-refractivity contribution in [3.05, 3.63) is 58.1 Å². The zero-order valence-electron chi connectivity index (χ0n) is 19.2. The van der Waals surface area contributed by atoms with Gasteiger partial charge in [-0.3, -0.25) is 14.5 Å². The number of ether oxygens (including phenoxy) is 1. The van der Waals surface area contributed by atoms with Crippen LogP contribution in [0.25, 0.3) is 0 Å². The smallest absolute Gasteiger partial charge is 0.316 e. The number of nitrogens with two attached hydrogens (primary N) is 1. The summed E-state index contributed by atoms with van der Waals surface area (Å²) in [5.74, 6) is -0.390. The van der Waals surface area contributed by atoms with Crippen molar-refractivity contribution in [3.8, 4) is 0 Å². The van der Waals surface area contributed by atoms with Gasteiger partial charge in [0.1, 0.15) is 6.10 Å². The Hall–Kier alpha value is -3.01. The van der Waals surface area contributed by atoms with Crippen LogP contribution >= 0.6 is 23.2 Å². The van der Waals surface area contributed by atoms with Crippen molar-refractivity contribution in [2.24, 2.45) is 5.73 Å². The maximum Gasteiger partial charge on any atom is 0.316 e. The predicted molar refractivity (Wildman–Crippen MR) is 135 cm³/mol. The fourth-order valence-corrected chi connectivity index (χ4v) is 4.98. The number of benzene rings is 2. The SMILES string of the molecule is CC(=O)OC1CN(c2ccc(Cl)cc2NC(N)=O)CC1N1CCN(C(=O)c2ccc(Cl)cc2)CC1. The lowest BCUT2D eigenvalue weighted by Crippen LogP contribution is -2.55. The van der Waals surface area contributed by atoms with Gasteiger partial charge in [0, 0.05) is 55.3 Å². The normalized spacial score (nSPS) is 20.5. The molecule has 3 N–H and O–H groups in total. The summed E-state index contributed by atoms with van der Waals surface area (Å²) in [4.78, 5) is 42.3. The van der Waals surface area contributed by atoms with Crippen LogP contribution in [0.3, 0.4) is 0 Å². The van der Waals surface area contributed by atoms with Gasteiger partial charge in [-0.1, -0.05) is 23.2 Å². The van der Waals surface area contributed by atoms with E-state index in [9.17, 15) is 14.4 Å². The Bertz CT molecular complexity index is 1110. The average molecular weight is 520 g/mol. The van der Waals surface area contributed by atoms with E-state index in [-0.39, 0.29) is 24.0 Å². The number of esters is 1. The third-order valence-corrected chi connectivity index (χ3v) is 6.76. The van der Waals surface area contributed by atoms with Gasteiger partial charge in [-0.25, -0.2) is 4.79 Å². The van der Waals surface area contributed by atoms with Crippen LogP contribution in [-0.4, -0.2) is 79.1 Å². The highest BCUT2D eigenvalue weighted by Gasteiger charge is 2.41. The Balaban J connectivity index is 1.47. The highest BCUT2D eigenvalue weighted by atomic mass is 35.5. The third-order valence-electron chi connectivity index (χ3n) is 6.27. The summed E-state index contributed by atoms with van der Waals surface area (Å²) in [6, 6.07) is 11.3. The molecule has 2 unspecified atom stereocenters. The van der Waals surface area contributed by atoms with Gasteiger partial charge in [-0.15, -0.1) is 0 Å². The minimum Gasteiger partial charge on any atom is -0.459 e. The van der Waals surface area contributed by atoms with Gasteiger partial charge in [0.15, 0.2) is 0 Å². The van der Waals surface area contributed by atoms with Gasteiger partial charge in [0.2, 0.25) is 0 Å². The zero-order chi connectivity index (χ0) is 25.1. The quantitative estimate of drug-likeness (QED) is 0.587. The van der Waals surface area contributed by atoms with E-state index in [0.717, 1.165) is 5.69 Å². The molecule has 186 valence electrons. The molecule has 0 radical (unpaired) electrons. The van der Waals surface area contributed by atoms with Crippen LogP contribution in [0.4, 0.5) is 16.2 Å². The first kappa shape index (κ1) is 25.1. The van der Waals surface area contributed by atoms with Gasteiger partial charge < -0.3 is 25.6 Å². The van der Waals surface area contributed by atoms with Gasteiger partial charge in [0.05, 0.1) is 24.0 Å². The first-order valence-corrected chi connectivity index (χ1v) is 12.0. The maximum atomic E-state index is 12.9. The van der Waals surface area contributed by atoms with Crippen LogP contribution in [0.15, 0.2) is 42.5 Å². The summed E-state index contributed by atoms with van der Waals surface area (Å²) in [7, 11) is 0. The standard InChI is InChI=1S/C24H27Cl2N5O4/c1-15(32)35-22-14-31(20-7-6-18(26)12-19(20)28-24(27)34)13-21(22)29-8-10-30(11-9-29)23(33)16-2-4-17(25)5-3-16/h2-7,12,21-22H,8-11,13-14H2,1H3,(H3,27,28,34). The van der Waals surface area contributed by atoms with E-state index >= 15 is 0 Å². The van der Waals surface area contributed by atoms with Crippen molar-refractivity contribution in [1.82, 2.24) is 9.80 Å². The van der Waals surface area contributed by atoms with Crippen LogP contribution < -0.4 is 16.0 Å². The molecule has 2 aromatic rings. The molecule has 2 aromatic carbocycles.